The molecule has 0 fully saturated rings. The summed E-state index contributed by atoms with van der Waals surface area (Å²) in [5.41, 5.74) is 21.8. The molecule has 12 aromatic carbocycles. The molecule has 0 spiro atoms. The van der Waals surface area contributed by atoms with E-state index in [1.807, 2.05) is 18.2 Å². The van der Waals surface area contributed by atoms with Crippen molar-refractivity contribution in [3.8, 4) is 61.7 Å². The minimum Gasteiger partial charge on any atom is -0.458 e. The van der Waals surface area contributed by atoms with Crippen molar-refractivity contribution in [2.24, 2.45) is 0 Å². The van der Waals surface area contributed by atoms with E-state index in [1.165, 1.54) is 22.3 Å². The third-order valence-corrected chi connectivity index (χ3v) is 19.0. The van der Waals surface area contributed by atoms with Gasteiger partial charge >= 0.3 is 0 Å². The molecule has 16 rings (SSSR count). The molecule has 3 nitrogen and oxygen atoms in total. The second kappa shape index (κ2) is 20.1. The maximum Gasteiger partial charge on any atom is 0.256 e. The number of anilines is 3. The van der Waals surface area contributed by atoms with Crippen LogP contribution in [0.15, 0.2) is 267 Å². The van der Waals surface area contributed by atoms with E-state index in [-0.39, 0.29) is 50.1 Å². The van der Waals surface area contributed by atoms with E-state index in [0.717, 1.165) is 94.6 Å². The Hall–Kier alpha value is -9.90. The summed E-state index contributed by atoms with van der Waals surface area (Å²) in [7, 11) is 0. The third-order valence-electron chi connectivity index (χ3n) is 19.0. The summed E-state index contributed by atoms with van der Waals surface area (Å²) in [4.78, 5) is 2.49. The molecule has 4 heteroatoms. The first kappa shape index (κ1) is 46.3. The van der Waals surface area contributed by atoms with E-state index >= 15 is 0 Å². The number of ether oxygens (including phenoxy) is 1. The summed E-state index contributed by atoms with van der Waals surface area (Å²) in [6, 6.07) is 75.9. The second-order valence-corrected chi connectivity index (χ2v) is 27.5. The van der Waals surface area contributed by atoms with Crippen LogP contribution in [-0.4, -0.2) is 11.3 Å². The Balaban J connectivity index is 1.04. The topological polar surface area (TPSA) is 17.4 Å². The van der Waals surface area contributed by atoms with Crippen molar-refractivity contribution in [2.45, 2.75) is 84.0 Å². The molecule has 1 aromatic heterocycles. The van der Waals surface area contributed by atoms with Gasteiger partial charge in [0.15, 0.2) is 0 Å². The van der Waals surface area contributed by atoms with Gasteiger partial charge in [-0.15, -0.1) is 0 Å². The molecule has 0 radical (unpaired) electrons. The Morgan fingerprint density at radius 2 is 0.966 bits per heavy atom. The van der Waals surface area contributed by atoms with Gasteiger partial charge in [0.25, 0.3) is 6.71 Å². The molecule has 3 aliphatic rings. The van der Waals surface area contributed by atoms with E-state index in [2.05, 4.69) is 267 Å². The Bertz CT molecular complexity index is 5340. The fraction of sp³-hybridized carbons (Fsp3) is 0.153. The van der Waals surface area contributed by atoms with Gasteiger partial charge < -0.3 is 14.2 Å². The van der Waals surface area contributed by atoms with E-state index in [9.17, 15) is 5.48 Å². The van der Waals surface area contributed by atoms with E-state index in [4.69, 9.17) is 10.2 Å². The molecule has 0 saturated heterocycles. The molecule has 0 unspecified atom stereocenters. The molecule has 0 saturated carbocycles. The monoisotopic (exact) mass is 1150 g/mol. The number of para-hydroxylation sites is 2. The van der Waals surface area contributed by atoms with Crippen molar-refractivity contribution in [1.82, 2.24) is 4.57 Å². The summed E-state index contributed by atoms with van der Waals surface area (Å²) in [5, 5.41) is 0.0205. The Kier molecular flexibility index (Phi) is 10.4. The van der Waals surface area contributed by atoms with Crippen LogP contribution in [0.2, 0.25) is 0 Å². The SMILES string of the molecule is [2H]c1c([2H])c([2H])c2c(c1[2H])c1c([2H])c([2H])c([2H])c([2H])c1n2-c1ccc2c(c1)Oc1cc(-c3cccc4c3C(c3ccccc3)(c3ccccc3)c3ccccc3-4)cc3c1B2c1ccc(-c2cc(C(C)(C)C)cc(C(C)(C)C)c2)cc1N3c1ccc(C(C)(C)C)cc1-c1ccccc1. The molecule has 3 heterocycles. The van der Waals surface area contributed by atoms with Crippen molar-refractivity contribution in [2.75, 3.05) is 4.90 Å². The van der Waals surface area contributed by atoms with Crippen LogP contribution in [0.1, 0.15) is 112 Å². The van der Waals surface area contributed by atoms with Gasteiger partial charge in [-0.1, -0.05) is 274 Å². The van der Waals surface area contributed by atoms with Crippen molar-refractivity contribution >= 4 is 62.0 Å². The second-order valence-electron chi connectivity index (χ2n) is 27.5. The number of fused-ring (bicyclic) bond motifs is 10. The fourth-order valence-corrected chi connectivity index (χ4v) is 14.6. The van der Waals surface area contributed by atoms with Crippen LogP contribution in [-0.2, 0) is 21.7 Å². The van der Waals surface area contributed by atoms with E-state index in [1.54, 1.807) is 4.57 Å². The van der Waals surface area contributed by atoms with Crippen LogP contribution in [0.4, 0.5) is 17.1 Å². The van der Waals surface area contributed by atoms with Gasteiger partial charge in [-0.25, -0.2) is 0 Å². The predicted molar refractivity (Wildman–Crippen MR) is 376 cm³/mol. The van der Waals surface area contributed by atoms with Gasteiger partial charge in [0.2, 0.25) is 0 Å². The summed E-state index contributed by atoms with van der Waals surface area (Å²) < 4.78 is 82.4. The highest BCUT2D eigenvalue weighted by Gasteiger charge is 2.49. The maximum atomic E-state index is 9.50. The van der Waals surface area contributed by atoms with Crippen LogP contribution in [0.3, 0.4) is 0 Å². The highest BCUT2D eigenvalue weighted by atomic mass is 16.5. The number of nitrogens with zero attached hydrogens (tertiary/aromatic N) is 2. The van der Waals surface area contributed by atoms with E-state index < -0.39 is 48.4 Å². The maximum absolute atomic E-state index is 9.50. The molecule has 0 amide bonds. The van der Waals surface area contributed by atoms with Crippen LogP contribution < -0.4 is 26.0 Å². The molecule has 0 atom stereocenters. The number of hydrogen-bond donors (Lipinski definition) is 0. The molecule has 0 N–H and O–H groups in total. The smallest absolute Gasteiger partial charge is 0.256 e. The first-order valence-electron chi connectivity index (χ1n) is 35.0. The van der Waals surface area contributed by atoms with Gasteiger partial charge in [-0.05, 0) is 159 Å². The van der Waals surface area contributed by atoms with Gasteiger partial charge in [-0.3, -0.25) is 0 Å². The minimum atomic E-state index is -0.770. The molecule has 0 bridgehead atoms. The van der Waals surface area contributed by atoms with Crippen molar-refractivity contribution in [1.29, 1.82) is 0 Å². The standard InChI is InChI=1S/C85H71BN2O/c1-82(2,3)60-41-45-75(69(52-60)54-26-13-10-14-27-54)88-76-48-55(56-46-61(83(4,5)6)51-62(47-56)84(7,8)9)40-43-71(76)86-72-44-42-63(87-73-38-23-20-33-66(73)67-34-21-24-39-74(67)87)53-78(72)89-79-50-57(49-77(88)81(79)86)64-35-25-36-68-65-32-19-22-37-70(65)85(80(64)68,58-28-15-11-16-29-58)59-30-17-12-18-31-59/h10-53H,1-9H3/i20D,21D,23D,24D,33D,34D,38D,39D. The van der Waals surface area contributed by atoms with Gasteiger partial charge in [0.05, 0.1) is 33.1 Å². The van der Waals surface area contributed by atoms with Crippen molar-refractivity contribution < 1.29 is 15.7 Å². The number of rotatable bonds is 7. The normalized spacial score (nSPS) is 15.1. The Morgan fingerprint density at radius 1 is 0.393 bits per heavy atom. The molecular weight excluding hydrogens is 1080 g/mol. The fourth-order valence-electron chi connectivity index (χ4n) is 14.6. The summed E-state index contributed by atoms with van der Waals surface area (Å²) >= 11 is 0. The first-order valence-corrected chi connectivity index (χ1v) is 31.0. The highest BCUT2D eigenvalue weighted by molar-refractivity contribution is 6.99. The quantitative estimate of drug-likeness (QED) is 0.148. The van der Waals surface area contributed by atoms with Gasteiger partial charge in [-0.2, -0.15) is 0 Å². The van der Waals surface area contributed by atoms with E-state index in [0.29, 0.717) is 17.2 Å². The third kappa shape index (κ3) is 8.54. The average Bonchev–Trinajstić information content (AvgIpc) is 1.64. The zero-order chi connectivity index (χ0) is 67.7. The number of aromatic nitrogens is 1. The zero-order valence-corrected chi connectivity index (χ0v) is 51.7. The lowest BCUT2D eigenvalue weighted by atomic mass is 9.34. The van der Waals surface area contributed by atoms with Gasteiger partial charge in [0, 0.05) is 39.5 Å². The molecule has 430 valence electrons. The molecule has 2 aliphatic heterocycles. The van der Waals surface area contributed by atoms with Crippen LogP contribution in [0.25, 0.3) is 72.0 Å². The Morgan fingerprint density at radius 3 is 1.62 bits per heavy atom. The van der Waals surface area contributed by atoms with Crippen LogP contribution >= 0.6 is 0 Å². The zero-order valence-electron chi connectivity index (χ0n) is 59.7. The largest absolute Gasteiger partial charge is 0.458 e. The van der Waals surface area contributed by atoms with Gasteiger partial charge in [0.1, 0.15) is 11.5 Å². The minimum absolute atomic E-state index is 0.0102. The summed E-state index contributed by atoms with van der Waals surface area (Å²) in [5.74, 6) is 1.10. The molecule has 89 heavy (non-hydrogen) atoms. The summed E-state index contributed by atoms with van der Waals surface area (Å²) in [6.07, 6.45) is 0. The van der Waals surface area contributed by atoms with Crippen molar-refractivity contribution in [3.05, 3.63) is 306 Å². The molecular formula is C85H71BN2O. The molecule has 13 aromatic rings. The number of benzene rings is 12. The first-order chi connectivity index (χ1) is 46.4. The Labute approximate surface area is 535 Å². The average molecular weight is 1160 g/mol. The van der Waals surface area contributed by atoms with Crippen molar-refractivity contribution in [3.63, 3.8) is 0 Å². The lowest BCUT2D eigenvalue weighted by Crippen LogP contribution is -2.59. The highest BCUT2D eigenvalue weighted by Crippen LogP contribution is 2.60. The molecule has 1 aliphatic carbocycles. The lowest BCUT2D eigenvalue weighted by molar-refractivity contribution is 0.487. The predicted octanol–water partition coefficient (Wildman–Crippen LogP) is 20.4. The number of hydrogen-bond acceptors (Lipinski definition) is 2. The summed E-state index contributed by atoms with van der Waals surface area (Å²) in [6.45, 7) is 20.0. The van der Waals surface area contributed by atoms with Crippen LogP contribution in [0, 0.1) is 0 Å². The van der Waals surface area contributed by atoms with Crippen LogP contribution in [0.5, 0.6) is 11.5 Å². The lowest BCUT2D eigenvalue weighted by Gasteiger charge is -2.42.